The molecule has 0 spiro atoms. The second kappa shape index (κ2) is 5.12. The van der Waals surface area contributed by atoms with E-state index >= 15 is 0 Å². The van der Waals surface area contributed by atoms with E-state index in [1.54, 1.807) is 17.0 Å². The molecule has 1 aromatic heterocycles. The van der Waals surface area contributed by atoms with E-state index in [4.69, 9.17) is 0 Å². The maximum atomic E-state index is 12.2. The van der Waals surface area contributed by atoms with Crippen LogP contribution in [0.25, 0.3) is 5.69 Å². The predicted octanol–water partition coefficient (Wildman–Crippen LogP) is 2.11. The molecule has 0 unspecified atom stereocenters. The van der Waals surface area contributed by atoms with Gasteiger partial charge < -0.3 is 4.57 Å². The van der Waals surface area contributed by atoms with Crippen LogP contribution >= 0.6 is 0 Å². The monoisotopic (exact) mass is 270 g/mol. The minimum Gasteiger partial charge on any atom is -0.309 e. The normalized spacial score (nSPS) is 15.1. The lowest BCUT2D eigenvalue weighted by atomic mass is 9.85. The first-order chi connectivity index (χ1) is 9.65. The smallest absolute Gasteiger partial charge is 0.309 e. The molecular formula is C16H18N2O2. The van der Waals surface area contributed by atoms with Crippen LogP contribution in [0, 0.1) is 12.8 Å². The lowest BCUT2D eigenvalue weighted by Crippen LogP contribution is -2.41. The summed E-state index contributed by atoms with van der Waals surface area (Å²) in [6, 6.07) is 7.57. The Kier molecular flexibility index (Phi) is 3.30. The summed E-state index contributed by atoms with van der Waals surface area (Å²) in [6.45, 7) is 2.66. The fourth-order valence-corrected chi connectivity index (χ4v) is 2.51. The molecule has 0 saturated heterocycles. The molecule has 4 nitrogen and oxygen atoms in total. The van der Waals surface area contributed by atoms with Crippen molar-refractivity contribution >= 4 is 0 Å². The number of nitrogens with zero attached hydrogens (tertiary/aromatic N) is 2. The van der Waals surface area contributed by atoms with E-state index in [0.29, 0.717) is 12.5 Å². The van der Waals surface area contributed by atoms with Gasteiger partial charge in [-0.05, 0) is 37.8 Å². The number of hydrogen-bond acceptors (Lipinski definition) is 2. The molecule has 0 atom stereocenters. The van der Waals surface area contributed by atoms with Crippen molar-refractivity contribution in [3.05, 3.63) is 62.9 Å². The van der Waals surface area contributed by atoms with E-state index in [9.17, 15) is 9.59 Å². The zero-order valence-corrected chi connectivity index (χ0v) is 11.6. The highest BCUT2D eigenvalue weighted by Crippen LogP contribution is 2.27. The lowest BCUT2D eigenvalue weighted by Gasteiger charge is -2.25. The SMILES string of the molecule is Cc1ccc(-n2ccn(CC3CCC3)c(=O)c2=O)cc1. The molecule has 4 heteroatoms. The van der Waals surface area contributed by atoms with Gasteiger partial charge in [0, 0.05) is 24.6 Å². The first-order valence-electron chi connectivity index (χ1n) is 7.04. The van der Waals surface area contributed by atoms with Crippen molar-refractivity contribution in [2.24, 2.45) is 5.92 Å². The summed E-state index contributed by atoms with van der Waals surface area (Å²) in [5.41, 5.74) is 0.948. The van der Waals surface area contributed by atoms with Crippen molar-refractivity contribution in [2.45, 2.75) is 32.7 Å². The standard InChI is InChI=1S/C16H18N2O2/c1-12-5-7-14(8-6-12)18-10-9-17(15(19)16(18)20)11-13-3-2-4-13/h5-10,13H,2-4,11H2,1H3. The van der Waals surface area contributed by atoms with Crippen molar-refractivity contribution in [1.82, 2.24) is 9.13 Å². The molecule has 20 heavy (non-hydrogen) atoms. The molecule has 0 bridgehead atoms. The van der Waals surface area contributed by atoms with Crippen LogP contribution in [-0.2, 0) is 6.54 Å². The van der Waals surface area contributed by atoms with Gasteiger partial charge in [-0.15, -0.1) is 0 Å². The largest absolute Gasteiger partial charge is 0.320 e. The first kappa shape index (κ1) is 12.9. The Labute approximate surface area is 117 Å². The van der Waals surface area contributed by atoms with Crippen molar-refractivity contribution in [3.8, 4) is 5.69 Å². The van der Waals surface area contributed by atoms with Crippen LogP contribution in [0.1, 0.15) is 24.8 Å². The van der Waals surface area contributed by atoms with Crippen molar-refractivity contribution in [1.29, 1.82) is 0 Å². The zero-order valence-electron chi connectivity index (χ0n) is 11.6. The minimum absolute atomic E-state index is 0.431. The number of aromatic nitrogens is 2. The van der Waals surface area contributed by atoms with Gasteiger partial charge in [0.15, 0.2) is 0 Å². The number of benzene rings is 1. The topological polar surface area (TPSA) is 44.0 Å². The molecule has 0 radical (unpaired) electrons. The Bertz CT molecular complexity index is 721. The molecular weight excluding hydrogens is 252 g/mol. The maximum absolute atomic E-state index is 12.2. The summed E-state index contributed by atoms with van der Waals surface area (Å²) in [5, 5.41) is 0. The molecule has 1 aromatic carbocycles. The van der Waals surface area contributed by atoms with E-state index < -0.39 is 11.1 Å². The van der Waals surface area contributed by atoms with E-state index in [1.807, 2.05) is 31.2 Å². The summed E-state index contributed by atoms with van der Waals surface area (Å²) >= 11 is 0. The highest BCUT2D eigenvalue weighted by Gasteiger charge is 2.19. The van der Waals surface area contributed by atoms with Gasteiger partial charge in [0.1, 0.15) is 0 Å². The summed E-state index contributed by atoms with van der Waals surface area (Å²) in [5.74, 6) is 0.558. The third-order valence-electron chi connectivity index (χ3n) is 4.05. The predicted molar refractivity (Wildman–Crippen MR) is 78.4 cm³/mol. The van der Waals surface area contributed by atoms with Crippen LogP contribution in [0.3, 0.4) is 0 Å². The fourth-order valence-electron chi connectivity index (χ4n) is 2.51. The van der Waals surface area contributed by atoms with Gasteiger partial charge in [-0.3, -0.25) is 14.2 Å². The summed E-state index contributed by atoms with van der Waals surface area (Å²) in [7, 11) is 0. The van der Waals surface area contributed by atoms with E-state index in [-0.39, 0.29) is 0 Å². The van der Waals surface area contributed by atoms with Gasteiger partial charge >= 0.3 is 11.1 Å². The summed E-state index contributed by atoms with van der Waals surface area (Å²) in [4.78, 5) is 24.3. The van der Waals surface area contributed by atoms with Gasteiger partial charge in [-0.2, -0.15) is 0 Å². The number of rotatable bonds is 3. The van der Waals surface area contributed by atoms with Crippen molar-refractivity contribution < 1.29 is 0 Å². The molecule has 0 amide bonds. The molecule has 2 aromatic rings. The molecule has 0 aliphatic heterocycles. The van der Waals surface area contributed by atoms with Crippen LogP contribution in [0.4, 0.5) is 0 Å². The van der Waals surface area contributed by atoms with Crippen molar-refractivity contribution in [2.75, 3.05) is 0 Å². The molecule has 1 aliphatic rings. The average Bonchev–Trinajstić information content (AvgIpc) is 2.40. The second-order valence-electron chi connectivity index (χ2n) is 5.56. The third-order valence-corrected chi connectivity index (χ3v) is 4.05. The Morgan fingerprint density at radius 1 is 1.05 bits per heavy atom. The zero-order chi connectivity index (χ0) is 14.1. The quantitative estimate of drug-likeness (QED) is 0.802. The second-order valence-corrected chi connectivity index (χ2v) is 5.56. The molecule has 1 fully saturated rings. The number of hydrogen-bond donors (Lipinski definition) is 0. The maximum Gasteiger partial charge on any atom is 0.320 e. The Hall–Kier alpha value is -2.10. The molecule has 1 aliphatic carbocycles. The van der Waals surface area contributed by atoms with Crippen LogP contribution in [-0.4, -0.2) is 9.13 Å². The first-order valence-corrected chi connectivity index (χ1v) is 7.04. The summed E-state index contributed by atoms with van der Waals surface area (Å²) in [6.07, 6.45) is 6.97. The van der Waals surface area contributed by atoms with Gasteiger partial charge in [-0.1, -0.05) is 24.1 Å². The lowest BCUT2D eigenvalue weighted by molar-refractivity contribution is 0.272. The Balaban J connectivity index is 1.97. The van der Waals surface area contributed by atoms with E-state index in [1.165, 1.54) is 11.0 Å². The molecule has 1 heterocycles. The summed E-state index contributed by atoms with van der Waals surface area (Å²) < 4.78 is 2.97. The van der Waals surface area contributed by atoms with Gasteiger partial charge in [0.25, 0.3) is 0 Å². The third kappa shape index (κ3) is 2.33. The number of aryl methyl sites for hydroxylation is 1. The molecule has 3 rings (SSSR count). The van der Waals surface area contributed by atoms with Gasteiger partial charge in [-0.25, -0.2) is 0 Å². The van der Waals surface area contributed by atoms with Crippen molar-refractivity contribution in [3.63, 3.8) is 0 Å². The van der Waals surface area contributed by atoms with Gasteiger partial charge in [0.05, 0.1) is 0 Å². The van der Waals surface area contributed by atoms with Crippen LogP contribution in [0.15, 0.2) is 46.2 Å². The highest BCUT2D eigenvalue weighted by molar-refractivity contribution is 5.34. The average molecular weight is 270 g/mol. The molecule has 1 saturated carbocycles. The van der Waals surface area contributed by atoms with Crippen LogP contribution in [0.2, 0.25) is 0 Å². The Morgan fingerprint density at radius 2 is 1.75 bits per heavy atom. The molecule has 104 valence electrons. The highest BCUT2D eigenvalue weighted by atomic mass is 16.2. The minimum atomic E-state index is -0.476. The van der Waals surface area contributed by atoms with E-state index in [2.05, 4.69) is 0 Å². The van der Waals surface area contributed by atoms with Crippen LogP contribution in [0.5, 0.6) is 0 Å². The van der Waals surface area contributed by atoms with Gasteiger partial charge in [0.2, 0.25) is 0 Å². The fraction of sp³-hybridized carbons (Fsp3) is 0.375. The van der Waals surface area contributed by atoms with E-state index in [0.717, 1.165) is 24.1 Å². The molecule has 0 N–H and O–H groups in total. The Morgan fingerprint density at radius 3 is 2.35 bits per heavy atom. The van der Waals surface area contributed by atoms with Crippen LogP contribution < -0.4 is 11.1 Å².